The lowest BCUT2D eigenvalue weighted by Crippen LogP contribution is -2.58. The number of hydrogen-bond donors (Lipinski definition) is 9. The number of hydrogen-bond acceptors (Lipinski definition) is 9. The van der Waals surface area contributed by atoms with Gasteiger partial charge in [0, 0.05) is 5.75 Å². The first-order valence-electron chi connectivity index (χ1n) is 8.57. The van der Waals surface area contributed by atoms with Gasteiger partial charge in [0.15, 0.2) is 0 Å². The van der Waals surface area contributed by atoms with E-state index in [0.717, 1.165) is 0 Å². The van der Waals surface area contributed by atoms with Crippen LogP contribution in [0.15, 0.2) is 0 Å². The quantitative estimate of drug-likeness (QED) is 0.110. The molecule has 0 saturated heterocycles. The Kier molecular flexibility index (Phi) is 11.6. The van der Waals surface area contributed by atoms with Crippen LogP contribution < -0.4 is 33.2 Å². The predicted octanol–water partition coefficient (Wildman–Crippen LogP) is -4.99. The lowest BCUT2D eigenvalue weighted by molar-refractivity contribution is -0.147. The molecule has 16 heteroatoms. The molecule has 174 valence electrons. The summed E-state index contributed by atoms with van der Waals surface area (Å²) >= 11 is 3.86. The van der Waals surface area contributed by atoms with E-state index < -0.39 is 84.9 Å². The summed E-state index contributed by atoms with van der Waals surface area (Å²) in [6, 6.07) is -6.25. The van der Waals surface area contributed by atoms with E-state index in [4.69, 9.17) is 27.4 Å². The maximum absolute atomic E-state index is 12.4. The van der Waals surface area contributed by atoms with Crippen molar-refractivity contribution in [1.82, 2.24) is 16.0 Å². The topological polar surface area (TPSA) is 274 Å². The zero-order valence-electron chi connectivity index (χ0n) is 16.1. The van der Waals surface area contributed by atoms with Crippen LogP contribution in [-0.2, 0) is 33.6 Å². The van der Waals surface area contributed by atoms with Crippen molar-refractivity contribution in [3.8, 4) is 0 Å². The van der Waals surface area contributed by atoms with Gasteiger partial charge in [-0.15, -0.1) is 0 Å². The van der Waals surface area contributed by atoms with Gasteiger partial charge in [-0.1, -0.05) is 0 Å². The summed E-state index contributed by atoms with van der Waals surface area (Å²) in [4.78, 5) is 80.5. The fourth-order valence-electron chi connectivity index (χ4n) is 2.11. The molecule has 0 rings (SSSR count). The van der Waals surface area contributed by atoms with Gasteiger partial charge in [-0.25, -0.2) is 4.79 Å². The molecule has 0 aliphatic rings. The van der Waals surface area contributed by atoms with Gasteiger partial charge in [-0.2, -0.15) is 12.6 Å². The second-order valence-electron chi connectivity index (χ2n) is 6.25. The van der Waals surface area contributed by atoms with E-state index in [1.54, 1.807) is 0 Å². The first-order valence-corrected chi connectivity index (χ1v) is 9.20. The van der Waals surface area contributed by atoms with Gasteiger partial charge < -0.3 is 43.4 Å². The molecule has 15 nitrogen and oxygen atoms in total. The van der Waals surface area contributed by atoms with Gasteiger partial charge >= 0.3 is 11.9 Å². The van der Waals surface area contributed by atoms with E-state index in [2.05, 4.69) is 23.3 Å². The summed E-state index contributed by atoms with van der Waals surface area (Å²) in [5.74, 6) is -8.50. The predicted molar refractivity (Wildman–Crippen MR) is 105 cm³/mol. The fourth-order valence-corrected chi connectivity index (χ4v) is 2.37. The number of carboxylic acid groups (broad SMARTS) is 2. The molecule has 4 atom stereocenters. The Morgan fingerprint density at radius 3 is 1.58 bits per heavy atom. The molecule has 0 bridgehead atoms. The van der Waals surface area contributed by atoms with Crippen molar-refractivity contribution in [2.75, 3.05) is 5.75 Å². The van der Waals surface area contributed by atoms with E-state index in [9.17, 15) is 33.6 Å². The SMILES string of the molecule is NC(=O)CC(N)C(=O)NC(CC(N)=O)C(=O)NC(CS)C(=O)NC(CC(=O)O)C(=O)O. The van der Waals surface area contributed by atoms with Gasteiger partial charge in [0.05, 0.1) is 25.3 Å². The lowest BCUT2D eigenvalue weighted by Gasteiger charge is -2.23. The number of thiol groups is 1. The van der Waals surface area contributed by atoms with Crippen LogP contribution in [-0.4, -0.2) is 81.6 Å². The maximum atomic E-state index is 12.4. The number of carboxylic acids is 2. The molecule has 11 N–H and O–H groups in total. The summed E-state index contributed by atoms with van der Waals surface area (Å²) in [5.41, 5.74) is 15.4. The van der Waals surface area contributed by atoms with Crippen LogP contribution >= 0.6 is 12.6 Å². The van der Waals surface area contributed by atoms with Gasteiger partial charge in [-0.3, -0.25) is 28.8 Å². The first kappa shape index (κ1) is 27.6. The Balaban J connectivity index is 5.29. The standard InChI is InChI=1S/C15H24N6O9S/c16-5(1-9(17)22)12(26)19-6(2-10(18)23)13(27)21-8(4-31)14(28)20-7(15(29)30)3-11(24)25/h5-8,31H,1-4,16H2,(H2,17,22)(H2,18,23)(H,19,26)(H,20,28)(H,21,27)(H,24,25)(H,29,30). The first-order chi connectivity index (χ1) is 14.3. The smallest absolute Gasteiger partial charge is 0.326 e. The van der Waals surface area contributed by atoms with Crippen molar-refractivity contribution in [3.05, 3.63) is 0 Å². The van der Waals surface area contributed by atoms with Gasteiger partial charge in [0.2, 0.25) is 29.5 Å². The minimum atomic E-state index is -1.78. The van der Waals surface area contributed by atoms with E-state index >= 15 is 0 Å². The average Bonchev–Trinajstić information content (AvgIpc) is 2.63. The minimum absolute atomic E-state index is 0.352. The third-order valence-corrected chi connectivity index (χ3v) is 3.97. The Bertz CT molecular complexity index is 746. The maximum Gasteiger partial charge on any atom is 0.326 e. The van der Waals surface area contributed by atoms with Crippen LogP contribution in [0.2, 0.25) is 0 Å². The Morgan fingerprint density at radius 2 is 1.16 bits per heavy atom. The molecular weight excluding hydrogens is 440 g/mol. The van der Waals surface area contributed by atoms with Crippen LogP contribution in [0.3, 0.4) is 0 Å². The highest BCUT2D eigenvalue weighted by atomic mass is 32.1. The molecule has 0 radical (unpaired) electrons. The molecule has 0 saturated carbocycles. The van der Waals surface area contributed by atoms with Crippen LogP contribution in [0.1, 0.15) is 19.3 Å². The molecule has 0 fully saturated rings. The Labute approximate surface area is 180 Å². The number of aliphatic carboxylic acids is 2. The number of rotatable bonds is 14. The van der Waals surface area contributed by atoms with Crippen molar-refractivity contribution >= 4 is 54.1 Å². The molecule has 4 unspecified atom stereocenters. The number of primary amides is 2. The summed E-state index contributed by atoms with van der Waals surface area (Å²) in [6.07, 6.45) is -2.16. The zero-order chi connectivity index (χ0) is 24.3. The minimum Gasteiger partial charge on any atom is -0.481 e. The molecule has 0 heterocycles. The molecular formula is C15H24N6O9S. The van der Waals surface area contributed by atoms with E-state index in [1.807, 2.05) is 5.32 Å². The zero-order valence-corrected chi connectivity index (χ0v) is 17.0. The Hall–Kier alpha value is -3.40. The van der Waals surface area contributed by atoms with E-state index in [1.165, 1.54) is 0 Å². The number of nitrogens with two attached hydrogens (primary N) is 3. The third-order valence-electron chi connectivity index (χ3n) is 3.61. The van der Waals surface area contributed by atoms with E-state index in [0.29, 0.717) is 0 Å². The highest BCUT2D eigenvalue weighted by molar-refractivity contribution is 7.80. The van der Waals surface area contributed by atoms with Crippen LogP contribution in [0.4, 0.5) is 0 Å². The van der Waals surface area contributed by atoms with Gasteiger partial charge in [0.25, 0.3) is 0 Å². The molecule has 5 amide bonds. The van der Waals surface area contributed by atoms with Crippen LogP contribution in [0.5, 0.6) is 0 Å². The largest absolute Gasteiger partial charge is 0.481 e. The van der Waals surface area contributed by atoms with Crippen molar-refractivity contribution < 1.29 is 43.8 Å². The molecule has 0 aromatic rings. The summed E-state index contributed by atoms with van der Waals surface area (Å²) in [6.45, 7) is 0. The number of nitrogens with one attached hydrogen (secondary N) is 3. The third kappa shape index (κ3) is 10.8. The number of amides is 5. The number of carbonyl (C=O) groups is 7. The van der Waals surface area contributed by atoms with Crippen molar-refractivity contribution in [2.45, 2.75) is 43.4 Å². The fraction of sp³-hybridized carbons (Fsp3) is 0.533. The van der Waals surface area contributed by atoms with Gasteiger partial charge in [0.1, 0.15) is 18.1 Å². The average molecular weight is 464 g/mol. The van der Waals surface area contributed by atoms with Crippen molar-refractivity contribution in [1.29, 1.82) is 0 Å². The lowest BCUT2D eigenvalue weighted by atomic mass is 10.1. The summed E-state index contributed by atoms with van der Waals surface area (Å²) in [5, 5.41) is 23.8. The molecule has 0 aromatic carbocycles. The highest BCUT2D eigenvalue weighted by Gasteiger charge is 2.31. The molecule has 0 aliphatic carbocycles. The van der Waals surface area contributed by atoms with Crippen molar-refractivity contribution in [3.63, 3.8) is 0 Å². The van der Waals surface area contributed by atoms with Crippen LogP contribution in [0, 0.1) is 0 Å². The molecule has 0 aliphatic heterocycles. The number of carbonyl (C=O) groups excluding carboxylic acids is 5. The highest BCUT2D eigenvalue weighted by Crippen LogP contribution is 2.00. The monoisotopic (exact) mass is 464 g/mol. The second-order valence-corrected chi connectivity index (χ2v) is 6.61. The van der Waals surface area contributed by atoms with Crippen molar-refractivity contribution in [2.24, 2.45) is 17.2 Å². The van der Waals surface area contributed by atoms with E-state index in [-0.39, 0.29) is 5.75 Å². The Morgan fingerprint density at radius 1 is 0.710 bits per heavy atom. The second kappa shape index (κ2) is 13.0. The normalized spacial score (nSPS) is 14.3. The van der Waals surface area contributed by atoms with Gasteiger partial charge in [-0.05, 0) is 0 Å². The summed E-state index contributed by atoms with van der Waals surface area (Å²) < 4.78 is 0. The van der Waals surface area contributed by atoms with Crippen LogP contribution in [0.25, 0.3) is 0 Å². The molecule has 0 aromatic heterocycles. The molecule has 31 heavy (non-hydrogen) atoms. The summed E-state index contributed by atoms with van der Waals surface area (Å²) in [7, 11) is 0. The molecule has 0 spiro atoms.